The van der Waals surface area contributed by atoms with Gasteiger partial charge < -0.3 is 5.32 Å². The van der Waals surface area contributed by atoms with Crippen molar-refractivity contribution in [2.75, 3.05) is 0 Å². The number of halogens is 1. The Morgan fingerprint density at radius 2 is 1.95 bits per heavy atom. The van der Waals surface area contributed by atoms with Gasteiger partial charge in [0.2, 0.25) is 5.91 Å². The maximum Gasteiger partial charge on any atom is 0.321 e. The zero-order chi connectivity index (χ0) is 13.8. The van der Waals surface area contributed by atoms with E-state index in [0.717, 1.165) is 17.7 Å². The van der Waals surface area contributed by atoms with Crippen LogP contribution in [0, 0.1) is 0 Å². The van der Waals surface area contributed by atoms with Crippen LogP contribution in [0.4, 0.5) is 4.79 Å². The van der Waals surface area contributed by atoms with Crippen molar-refractivity contribution in [2.24, 2.45) is 0 Å². The molecule has 0 radical (unpaired) electrons. The van der Waals surface area contributed by atoms with E-state index >= 15 is 0 Å². The van der Waals surface area contributed by atoms with Crippen molar-refractivity contribution in [3.05, 3.63) is 29.3 Å². The molecule has 4 nitrogen and oxygen atoms in total. The number of rotatable bonds is 4. The van der Waals surface area contributed by atoms with Gasteiger partial charge in [0.1, 0.15) is 0 Å². The zero-order valence-electron chi connectivity index (χ0n) is 10.5. The molecule has 0 bridgehead atoms. The minimum atomic E-state index is -0.406. The summed E-state index contributed by atoms with van der Waals surface area (Å²) in [7, 11) is 0. The first-order valence-electron chi connectivity index (χ1n) is 6.08. The topological polar surface area (TPSA) is 58.2 Å². The highest BCUT2D eigenvalue weighted by Gasteiger charge is 2.25. The second-order valence-electron chi connectivity index (χ2n) is 4.45. The van der Waals surface area contributed by atoms with Crippen molar-refractivity contribution in [1.29, 1.82) is 0 Å². The van der Waals surface area contributed by atoms with Crippen molar-refractivity contribution in [3.63, 3.8) is 0 Å². The van der Waals surface area contributed by atoms with E-state index in [1.54, 1.807) is 19.1 Å². The lowest BCUT2D eigenvalue weighted by Gasteiger charge is -2.11. The molecule has 1 aliphatic carbocycles. The zero-order valence-corrected chi connectivity index (χ0v) is 12.1. The number of nitrogens with one attached hydrogen (secondary N) is 2. The van der Waals surface area contributed by atoms with Gasteiger partial charge >= 0.3 is 6.03 Å². The van der Waals surface area contributed by atoms with E-state index < -0.39 is 6.03 Å². The van der Waals surface area contributed by atoms with E-state index in [-0.39, 0.29) is 17.2 Å². The van der Waals surface area contributed by atoms with Gasteiger partial charge in [-0.15, -0.1) is 11.8 Å². The third-order valence-electron chi connectivity index (χ3n) is 2.65. The first-order valence-corrected chi connectivity index (χ1v) is 7.34. The Morgan fingerprint density at radius 1 is 1.32 bits per heavy atom. The number of urea groups is 1. The average molecular weight is 299 g/mol. The predicted molar refractivity (Wildman–Crippen MR) is 76.5 cm³/mol. The number of benzene rings is 1. The van der Waals surface area contributed by atoms with E-state index in [9.17, 15) is 9.59 Å². The monoisotopic (exact) mass is 298 g/mol. The standard InChI is InChI=1S/C13H15ClN2O2S/c1-8(19-11-6-2-9(14)3-7-11)12(17)16-13(18)15-10-4-5-10/h2-3,6-8,10H,4-5H2,1H3,(H2,15,16,17,18). The molecule has 1 atom stereocenters. The molecule has 0 saturated heterocycles. The second-order valence-corrected chi connectivity index (χ2v) is 6.30. The molecule has 6 heteroatoms. The maximum atomic E-state index is 11.8. The number of hydrogen-bond donors (Lipinski definition) is 2. The molecule has 1 unspecified atom stereocenters. The van der Waals surface area contributed by atoms with Crippen LogP contribution in [0.5, 0.6) is 0 Å². The van der Waals surface area contributed by atoms with Crippen LogP contribution >= 0.6 is 23.4 Å². The van der Waals surface area contributed by atoms with Crippen LogP contribution in [0.1, 0.15) is 19.8 Å². The number of carbonyl (C=O) groups is 2. The molecule has 2 N–H and O–H groups in total. The van der Waals surface area contributed by atoms with Crippen molar-refractivity contribution in [1.82, 2.24) is 10.6 Å². The summed E-state index contributed by atoms with van der Waals surface area (Å²) in [5.74, 6) is -0.293. The lowest BCUT2D eigenvalue weighted by atomic mass is 10.4. The second kappa shape index (κ2) is 6.30. The van der Waals surface area contributed by atoms with Crippen LogP contribution in [0.2, 0.25) is 5.02 Å². The summed E-state index contributed by atoms with van der Waals surface area (Å²) in [6, 6.07) is 7.08. The largest absolute Gasteiger partial charge is 0.335 e. The first kappa shape index (κ1) is 14.2. The van der Waals surface area contributed by atoms with E-state index in [2.05, 4.69) is 10.6 Å². The smallest absolute Gasteiger partial charge is 0.321 e. The summed E-state index contributed by atoms with van der Waals surface area (Å²) in [4.78, 5) is 24.2. The quantitative estimate of drug-likeness (QED) is 0.840. The summed E-state index contributed by atoms with van der Waals surface area (Å²) >= 11 is 7.18. The van der Waals surface area contributed by atoms with E-state index in [1.165, 1.54) is 11.8 Å². The Balaban J connectivity index is 1.80. The Labute approximate surface area is 121 Å². The summed E-state index contributed by atoms with van der Waals surface area (Å²) in [5.41, 5.74) is 0. The fraction of sp³-hybridized carbons (Fsp3) is 0.385. The summed E-state index contributed by atoms with van der Waals surface area (Å²) in [6.07, 6.45) is 1.99. The lowest BCUT2D eigenvalue weighted by molar-refractivity contribution is -0.119. The molecule has 2 rings (SSSR count). The van der Waals surface area contributed by atoms with E-state index in [1.807, 2.05) is 12.1 Å². The van der Waals surface area contributed by atoms with Crippen molar-refractivity contribution in [3.8, 4) is 0 Å². The van der Waals surface area contributed by atoms with E-state index in [4.69, 9.17) is 11.6 Å². The Bertz CT molecular complexity index is 474. The lowest BCUT2D eigenvalue weighted by Crippen LogP contribution is -2.43. The SMILES string of the molecule is CC(Sc1ccc(Cl)cc1)C(=O)NC(=O)NC1CC1. The van der Waals surface area contributed by atoms with E-state index in [0.29, 0.717) is 5.02 Å². The molecule has 1 aromatic rings. The predicted octanol–water partition coefficient (Wildman–Crippen LogP) is 2.81. The summed E-state index contributed by atoms with van der Waals surface area (Å²) in [6.45, 7) is 1.76. The molecule has 0 aromatic heterocycles. The fourth-order valence-electron chi connectivity index (χ4n) is 1.43. The van der Waals surface area contributed by atoms with Crippen molar-refractivity contribution in [2.45, 2.75) is 36.0 Å². The van der Waals surface area contributed by atoms with Gasteiger partial charge in [0.15, 0.2) is 0 Å². The third-order valence-corrected chi connectivity index (χ3v) is 4.01. The van der Waals surface area contributed by atoms with Crippen molar-refractivity contribution < 1.29 is 9.59 Å². The molecule has 1 saturated carbocycles. The van der Waals surface area contributed by atoms with Crippen LogP contribution in [-0.2, 0) is 4.79 Å². The molecule has 19 heavy (non-hydrogen) atoms. The van der Waals surface area contributed by atoms with Crippen LogP contribution in [-0.4, -0.2) is 23.2 Å². The molecule has 102 valence electrons. The molecule has 1 aromatic carbocycles. The molecule has 0 aliphatic heterocycles. The number of thioether (sulfide) groups is 1. The molecule has 0 spiro atoms. The van der Waals surface area contributed by atoms with Crippen LogP contribution in [0.25, 0.3) is 0 Å². The highest BCUT2D eigenvalue weighted by molar-refractivity contribution is 8.00. The number of imide groups is 1. The van der Waals surface area contributed by atoms with Gasteiger partial charge in [-0.05, 0) is 44.0 Å². The summed E-state index contributed by atoms with van der Waals surface area (Å²) < 4.78 is 0. The average Bonchev–Trinajstić information content (AvgIpc) is 3.15. The minimum absolute atomic E-state index is 0.243. The van der Waals surface area contributed by atoms with Gasteiger partial charge in [-0.3, -0.25) is 10.1 Å². The Hall–Kier alpha value is -1.20. The first-order chi connectivity index (χ1) is 9.04. The Morgan fingerprint density at radius 3 is 2.53 bits per heavy atom. The van der Waals surface area contributed by atoms with Crippen LogP contribution in [0.15, 0.2) is 29.2 Å². The molecule has 1 aliphatic rings. The molecule has 0 heterocycles. The van der Waals surface area contributed by atoms with Gasteiger partial charge in [-0.2, -0.15) is 0 Å². The summed E-state index contributed by atoms with van der Waals surface area (Å²) in [5, 5.41) is 5.38. The van der Waals surface area contributed by atoms with Crippen LogP contribution in [0.3, 0.4) is 0 Å². The molecular weight excluding hydrogens is 284 g/mol. The van der Waals surface area contributed by atoms with Crippen LogP contribution < -0.4 is 10.6 Å². The van der Waals surface area contributed by atoms with Gasteiger partial charge in [0, 0.05) is 16.0 Å². The minimum Gasteiger partial charge on any atom is -0.335 e. The molecule has 3 amide bonds. The van der Waals surface area contributed by atoms with Gasteiger partial charge in [0.05, 0.1) is 5.25 Å². The highest BCUT2D eigenvalue weighted by Crippen LogP contribution is 2.24. The molecule has 1 fully saturated rings. The Kier molecular flexibility index (Phi) is 4.71. The van der Waals surface area contributed by atoms with Gasteiger partial charge in [-0.25, -0.2) is 4.79 Å². The number of hydrogen-bond acceptors (Lipinski definition) is 3. The molecular formula is C13H15ClN2O2S. The van der Waals surface area contributed by atoms with Crippen molar-refractivity contribution >= 4 is 35.3 Å². The third kappa shape index (κ3) is 4.76. The highest BCUT2D eigenvalue weighted by atomic mass is 35.5. The normalized spacial score (nSPS) is 15.7. The fourth-order valence-corrected chi connectivity index (χ4v) is 2.43. The maximum absolute atomic E-state index is 11.8. The number of amides is 3. The van der Waals surface area contributed by atoms with Gasteiger partial charge in [0.25, 0.3) is 0 Å². The van der Waals surface area contributed by atoms with Gasteiger partial charge in [-0.1, -0.05) is 11.6 Å². The number of carbonyl (C=O) groups excluding carboxylic acids is 2.